The van der Waals surface area contributed by atoms with Crippen LogP contribution in [-0.4, -0.2) is 41.0 Å². The molecule has 7 heteroatoms. The molecular weight excluding hydrogens is 238 g/mol. The SMILES string of the molecule is CC(C)[C@H](N)C(=O)NCC(=O)NC(C)(C)C(=O)O. The van der Waals surface area contributed by atoms with E-state index in [1.165, 1.54) is 13.8 Å². The van der Waals surface area contributed by atoms with Crippen molar-refractivity contribution in [3.8, 4) is 0 Å². The fraction of sp³-hybridized carbons (Fsp3) is 0.727. The van der Waals surface area contributed by atoms with Gasteiger partial charge in [0.05, 0.1) is 12.6 Å². The van der Waals surface area contributed by atoms with Crippen molar-refractivity contribution in [1.82, 2.24) is 10.6 Å². The van der Waals surface area contributed by atoms with Gasteiger partial charge in [0.25, 0.3) is 0 Å². The first kappa shape index (κ1) is 16.4. The van der Waals surface area contributed by atoms with Gasteiger partial charge in [-0.3, -0.25) is 9.59 Å². The van der Waals surface area contributed by atoms with Crippen LogP contribution in [0.4, 0.5) is 0 Å². The molecule has 104 valence electrons. The van der Waals surface area contributed by atoms with Crippen LogP contribution in [0.2, 0.25) is 0 Å². The standard InChI is InChI=1S/C11H21N3O4/c1-6(2)8(12)9(16)13-5-7(15)14-11(3,4)10(17)18/h6,8H,5,12H2,1-4H3,(H,13,16)(H,14,15)(H,17,18)/t8-/m0/s1. The van der Waals surface area contributed by atoms with Gasteiger partial charge in [-0.05, 0) is 19.8 Å². The van der Waals surface area contributed by atoms with Crippen LogP contribution in [0.5, 0.6) is 0 Å². The molecule has 0 aromatic heterocycles. The van der Waals surface area contributed by atoms with E-state index < -0.39 is 29.4 Å². The zero-order chi connectivity index (χ0) is 14.5. The summed E-state index contributed by atoms with van der Waals surface area (Å²) < 4.78 is 0. The predicted octanol–water partition coefficient (Wildman–Crippen LogP) is -0.935. The van der Waals surface area contributed by atoms with E-state index in [1.54, 1.807) is 13.8 Å². The molecule has 0 bridgehead atoms. The number of carbonyl (C=O) groups is 3. The molecular formula is C11H21N3O4. The molecule has 0 aromatic rings. The Kier molecular flexibility index (Phi) is 5.77. The van der Waals surface area contributed by atoms with Gasteiger partial charge in [0, 0.05) is 0 Å². The Labute approximate surface area is 106 Å². The highest BCUT2D eigenvalue weighted by Crippen LogP contribution is 2.01. The molecule has 0 radical (unpaired) electrons. The number of carboxylic acids is 1. The molecule has 0 aromatic carbocycles. The van der Waals surface area contributed by atoms with E-state index >= 15 is 0 Å². The third-order valence-electron chi connectivity index (χ3n) is 2.43. The Morgan fingerprint density at radius 1 is 1.28 bits per heavy atom. The number of carboxylic acid groups (broad SMARTS) is 1. The zero-order valence-electron chi connectivity index (χ0n) is 11.1. The summed E-state index contributed by atoms with van der Waals surface area (Å²) in [5, 5.41) is 13.4. The quantitative estimate of drug-likeness (QED) is 0.491. The van der Waals surface area contributed by atoms with Crippen molar-refractivity contribution in [2.45, 2.75) is 39.3 Å². The smallest absolute Gasteiger partial charge is 0.328 e. The second-order valence-electron chi connectivity index (χ2n) is 4.97. The first-order valence-corrected chi connectivity index (χ1v) is 5.65. The first-order valence-electron chi connectivity index (χ1n) is 5.65. The highest BCUT2D eigenvalue weighted by molar-refractivity contribution is 5.90. The van der Waals surface area contributed by atoms with E-state index in [-0.39, 0.29) is 12.5 Å². The van der Waals surface area contributed by atoms with Gasteiger partial charge in [0.1, 0.15) is 5.54 Å². The second kappa shape index (κ2) is 6.34. The number of nitrogens with two attached hydrogens (primary N) is 1. The molecule has 0 aliphatic rings. The Morgan fingerprint density at radius 2 is 1.78 bits per heavy atom. The molecule has 7 nitrogen and oxygen atoms in total. The van der Waals surface area contributed by atoms with Crippen LogP contribution < -0.4 is 16.4 Å². The van der Waals surface area contributed by atoms with E-state index in [2.05, 4.69) is 10.6 Å². The average Bonchev–Trinajstić information content (AvgIpc) is 2.23. The van der Waals surface area contributed by atoms with E-state index in [0.29, 0.717) is 0 Å². The van der Waals surface area contributed by atoms with Crippen LogP contribution in [0.15, 0.2) is 0 Å². The molecule has 0 fully saturated rings. The Balaban J connectivity index is 4.21. The summed E-state index contributed by atoms with van der Waals surface area (Å²) in [6.45, 7) is 6.00. The third kappa shape index (κ3) is 5.13. The minimum atomic E-state index is -1.37. The summed E-state index contributed by atoms with van der Waals surface area (Å²) in [4.78, 5) is 33.7. The fourth-order valence-corrected chi connectivity index (χ4v) is 1.03. The van der Waals surface area contributed by atoms with Crippen LogP contribution in [-0.2, 0) is 14.4 Å². The fourth-order valence-electron chi connectivity index (χ4n) is 1.03. The van der Waals surface area contributed by atoms with Gasteiger partial charge in [0.2, 0.25) is 11.8 Å². The molecule has 0 aliphatic carbocycles. The number of rotatable bonds is 6. The predicted molar refractivity (Wildman–Crippen MR) is 65.7 cm³/mol. The highest BCUT2D eigenvalue weighted by Gasteiger charge is 2.29. The lowest BCUT2D eigenvalue weighted by atomic mass is 10.0. The van der Waals surface area contributed by atoms with Gasteiger partial charge in [-0.2, -0.15) is 0 Å². The first-order chi connectivity index (χ1) is 8.08. The monoisotopic (exact) mass is 259 g/mol. The molecule has 0 aliphatic heterocycles. The van der Waals surface area contributed by atoms with Crippen molar-refractivity contribution >= 4 is 17.8 Å². The van der Waals surface area contributed by atoms with Crippen LogP contribution in [0.25, 0.3) is 0 Å². The molecule has 0 saturated carbocycles. The summed E-state index contributed by atoms with van der Waals surface area (Å²) in [5.74, 6) is -2.20. The maximum Gasteiger partial charge on any atom is 0.328 e. The van der Waals surface area contributed by atoms with E-state index in [1.807, 2.05) is 0 Å². The molecule has 18 heavy (non-hydrogen) atoms. The van der Waals surface area contributed by atoms with Crippen LogP contribution in [0, 0.1) is 5.92 Å². The molecule has 0 rings (SSSR count). The summed E-state index contributed by atoms with van der Waals surface area (Å²) in [6, 6.07) is -0.690. The Hall–Kier alpha value is -1.63. The molecule has 0 spiro atoms. The number of nitrogens with one attached hydrogen (secondary N) is 2. The minimum absolute atomic E-state index is 0.0384. The van der Waals surface area contributed by atoms with Crippen molar-refractivity contribution in [3.63, 3.8) is 0 Å². The van der Waals surface area contributed by atoms with Gasteiger partial charge in [-0.15, -0.1) is 0 Å². The Morgan fingerprint density at radius 3 is 2.17 bits per heavy atom. The molecule has 0 unspecified atom stereocenters. The van der Waals surface area contributed by atoms with Crippen molar-refractivity contribution in [1.29, 1.82) is 0 Å². The van der Waals surface area contributed by atoms with Crippen molar-refractivity contribution in [2.24, 2.45) is 11.7 Å². The number of carbonyl (C=O) groups excluding carboxylic acids is 2. The largest absolute Gasteiger partial charge is 0.480 e. The Bertz CT molecular complexity index is 339. The zero-order valence-corrected chi connectivity index (χ0v) is 11.1. The normalized spacial score (nSPS) is 13.0. The lowest BCUT2D eigenvalue weighted by Crippen LogP contribution is -2.53. The maximum atomic E-state index is 11.5. The van der Waals surface area contributed by atoms with Gasteiger partial charge < -0.3 is 21.5 Å². The van der Waals surface area contributed by atoms with Gasteiger partial charge in [-0.1, -0.05) is 13.8 Å². The van der Waals surface area contributed by atoms with Crippen LogP contribution in [0.3, 0.4) is 0 Å². The summed E-state index contributed by atoms with van der Waals surface area (Å²) >= 11 is 0. The van der Waals surface area contributed by atoms with E-state index in [0.717, 1.165) is 0 Å². The summed E-state index contributed by atoms with van der Waals surface area (Å²) in [6.07, 6.45) is 0. The highest BCUT2D eigenvalue weighted by atomic mass is 16.4. The van der Waals surface area contributed by atoms with Gasteiger partial charge in [-0.25, -0.2) is 4.79 Å². The van der Waals surface area contributed by atoms with Crippen molar-refractivity contribution < 1.29 is 19.5 Å². The minimum Gasteiger partial charge on any atom is -0.480 e. The number of aliphatic carboxylic acids is 1. The number of hydrogen-bond donors (Lipinski definition) is 4. The van der Waals surface area contributed by atoms with E-state index in [4.69, 9.17) is 10.8 Å². The summed E-state index contributed by atoms with van der Waals surface area (Å²) in [5.41, 5.74) is 4.21. The van der Waals surface area contributed by atoms with Crippen molar-refractivity contribution in [3.05, 3.63) is 0 Å². The van der Waals surface area contributed by atoms with Crippen molar-refractivity contribution in [2.75, 3.05) is 6.54 Å². The second-order valence-corrected chi connectivity index (χ2v) is 4.97. The molecule has 0 heterocycles. The molecule has 2 amide bonds. The lowest BCUT2D eigenvalue weighted by molar-refractivity contribution is -0.145. The van der Waals surface area contributed by atoms with Gasteiger partial charge in [0.15, 0.2) is 0 Å². The lowest BCUT2D eigenvalue weighted by Gasteiger charge is -2.21. The molecule has 1 atom stereocenters. The van der Waals surface area contributed by atoms with E-state index in [9.17, 15) is 14.4 Å². The van der Waals surface area contributed by atoms with Gasteiger partial charge >= 0.3 is 5.97 Å². The molecule has 0 saturated heterocycles. The number of amides is 2. The topological polar surface area (TPSA) is 122 Å². The average molecular weight is 259 g/mol. The summed E-state index contributed by atoms with van der Waals surface area (Å²) in [7, 11) is 0. The maximum absolute atomic E-state index is 11.5. The molecule has 5 N–H and O–H groups in total. The third-order valence-corrected chi connectivity index (χ3v) is 2.43. The number of hydrogen-bond acceptors (Lipinski definition) is 4. The van der Waals surface area contributed by atoms with Crippen LogP contribution >= 0.6 is 0 Å². The van der Waals surface area contributed by atoms with Crippen LogP contribution in [0.1, 0.15) is 27.7 Å².